The Labute approximate surface area is 161 Å². The molecule has 0 fully saturated rings. The van der Waals surface area contributed by atoms with Crippen LogP contribution in [0.5, 0.6) is 0 Å². The number of rotatable bonds is 3. The second-order valence-electron chi connectivity index (χ2n) is 6.93. The maximum atomic E-state index is 2.27. The van der Waals surface area contributed by atoms with Gasteiger partial charge < -0.3 is 0 Å². The Bertz CT molecular complexity index is 313. The Hall–Kier alpha value is 0.154. The molecular formula is C19H38GeSi3. The first-order valence-electron chi connectivity index (χ1n) is 8.29. The van der Waals surface area contributed by atoms with Crippen LogP contribution in [0.1, 0.15) is 12.0 Å². The maximum absolute atomic E-state index is 2.27. The van der Waals surface area contributed by atoms with Crippen LogP contribution in [0.15, 0.2) is 41.3 Å². The Kier molecular flexibility index (Phi) is 26.9. The van der Waals surface area contributed by atoms with Gasteiger partial charge in [-0.05, 0) is 0 Å². The summed E-state index contributed by atoms with van der Waals surface area (Å²) in [5.41, 5.74) is 1.42. The molecule has 130 valence electrons. The standard InChI is InChI=1S/C10H11Ge.3C3H9Si/c11-9-5-4-8-10-6-2-1-3-7-10;3*1-4(2)3/h1-3,5-7,9H,4,8H2;3*1-3H3/b9-5+;;;. The Morgan fingerprint density at radius 1 is 0.739 bits per heavy atom. The van der Waals surface area contributed by atoms with Gasteiger partial charge in [0.25, 0.3) is 0 Å². The first-order chi connectivity index (χ1) is 10.6. The van der Waals surface area contributed by atoms with Gasteiger partial charge in [0, 0.05) is 26.4 Å². The zero-order valence-corrected chi connectivity index (χ0v) is 22.1. The summed E-state index contributed by atoms with van der Waals surface area (Å²) < 4.78 is 0. The molecule has 23 heavy (non-hydrogen) atoms. The van der Waals surface area contributed by atoms with Crippen molar-refractivity contribution in [3.05, 3.63) is 46.9 Å². The summed E-state index contributed by atoms with van der Waals surface area (Å²) in [7, 11) is 0.361. The van der Waals surface area contributed by atoms with Crippen molar-refractivity contribution in [3.8, 4) is 0 Å². The van der Waals surface area contributed by atoms with Crippen molar-refractivity contribution >= 4 is 42.9 Å². The first-order valence-corrected chi connectivity index (χ1v) is 18.5. The van der Waals surface area contributed by atoms with E-state index in [1.165, 1.54) is 5.56 Å². The molecule has 0 N–H and O–H groups in total. The molecule has 0 aliphatic heterocycles. The van der Waals surface area contributed by atoms with E-state index < -0.39 is 0 Å². The molecule has 6 radical (unpaired) electrons. The number of hydrogen-bond acceptors (Lipinski definition) is 0. The van der Waals surface area contributed by atoms with Crippen LogP contribution in [0.3, 0.4) is 0 Å². The van der Waals surface area contributed by atoms with Crippen LogP contribution in [0.4, 0.5) is 0 Å². The third-order valence-corrected chi connectivity index (χ3v) is 2.05. The molecule has 0 bridgehead atoms. The molecular weight excluding hydrogens is 385 g/mol. The zero-order chi connectivity index (χ0) is 18.7. The summed E-state index contributed by atoms with van der Waals surface area (Å²) in [5.74, 6) is 0. The summed E-state index contributed by atoms with van der Waals surface area (Å²) >= 11 is 2.06. The molecule has 0 aromatic heterocycles. The van der Waals surface area contributed by atoms with Crippen molar-refractivity contribution in [2.75, 3.05) is 0 Å². The molecule has 0 aliphatic carbocycles. The number of aryl methyl sites for hydroxylation is 1. The van der Waals surface area contributed by atoms with Gasteiger partial charge in [-0.25, -0.2) is 0 Å². The fourth-order valence-corrected chi connectivity index (χ4v) is 1.33. The summed E-state index contributed by atoms with van der Waals surface area (Å²) in [4.78, 5) is 2.10. The van der Waals surface area contributed by atoms with Crippen LogP contribution in [0.2, 0.25) is 58.9 Å². The summed E-state index contributed by atoms with van der Waals surface area (Å²) in [6.07, 6.45) is 4.51. The van der Waals surface area contributed by atoms with E-state index in [1.807, 2.05) is 0 Å². The molecule has 0 amide bonds. The van der Waals surface area contributed by atoms with Crippen molar-refractivity contribution in [2.24, 2.45) is 0 Å². The van der Waals surface area contributed by atoms with E-state index in [4.69, 9.17) is 0 Å². The van der Waals surface area contributed by atoms with Crippen LogP contribution >= 0.6 is 0 Å². The third-order valence-electron chi connectivity index (χ3n) is 1.56. The van der Waals surface area contributed by atoms with E-state index in [-0.39, 0.29) is 26.4 Å². The molecule has 0 aliphatic rings. The molecule has 0 atom stereocenters. The SMILES string of the molecule is C[Si](C)C.C[Si](C)C.C[Si](C)C.[Ge]/[CH]=C/CCc1ccccc1. The van der Waals surface area contributed by atoms with E-state index in [1.54, 1.807) is 0 Å². The van der Waals surface area contributed by atoms with Gasteiger partial charge in [0.15, 0.2) is 0 Å². The normalized spacial score (nSPS) is 9.78. The van der Waals surface area contributed by atoms with Gasteiger partial charge in [-0.1, -0.05) is 58.9 Å². The average molecular weight is 423 g/mol. The molecule has 0 saturated heterocycles. The predicted octanol–water partition coefficient (Wildman–Crippen LogP) is 6.41. The minimum atomic E-state index is 0.120. The average Bonchev–Trinajstić information content (AvgIpc) is 2.38. The van der Waals surface area contributed by atoms with Crippen molar-refractivity contribution in [3.63, 3.8) is 0 Å². The number of hydrogen-bond donors (Lipinski definition) is 0. The first kappa shape index (κ1) is 28.0. The minimum absolute atomic E-state index is 0.120. The molecule has 0 spiro atoms. The second kappa shape index (κ2) is 22.2. The van der Waals surface area contributed by atoms with E-state index in [0.29, 0.717) is 0 Å². The van der Waals surface area contributed by atoms with Crippen LogP contribution in [0, 0.1) is 0 Å². The summed E-state index contributed by atoms with van der Waals surface area (Å²) in [6, 6.07) is 10.6. The van der Waals surface area contributed by atoms with Gasteiger partial charge in [0.05, 0.1) is 0 Å². The Balaban J connectivity index is -0.000000278. The van der Waals surface area contributed by atoms with Crippen LogP contribution in [-0.4, -0.2) is 42.9 Å². The molecule has 1 aromatic rings. The van der Waals surface area contributed by atoms with Gasteiger partial charge in [0.1, 0.15) is 0 Å². The van der Waals surface area contributed by atoms with Gasteiger partial charge in [0.2, 0.25) is 0 Å². The van der Waals surface area contributed by atoms with Gasteiger partial charge in [-0.3, -0.25) is 0 Å². The fourth-order valence-electron chi connectivity index (χ4n) is 0.978. The molecule has 1 aromatic carbocycles. The van der Waals surface area contributed by atoms with E-state index in [9.17, 15) is 0 Å². The van der Waals surface area contributed by atoms with Gasteiger partial charge in [-0.15, -0.1) is 0 Å². The van der Waals surface area contributed by atoms with Crippen molar-refractivity contribution in [2.45, 2.75) is 71.8 Å². The zero-order valence-electron chi connectivity index (χ0n) is 17.0. The third kappa shape index (κ3) is 52.0. The summed E-state index contributed by atoms with van der Waals surface area (Å²) in [5, 5.41) is 0. The number of benzene rings is 1. The number of allylic oxidation sites excluding steroid dienone is 1. The molecule has 0 nitrogen and oxygen atoms in total. The molecule has 1 rings (SSSR count). The van der Waals surface area contributed by atoms with Crippen molar-refractivity contribution < 1.29 is 0 Å². The monoisotopic (exact) mass is 424 g/mol. The molecule has 0 heterocycles. The fraction of sp³-hybridized carbons (Fsp3) is 0.579. The van der Waals surface area contributed by atoms with Gasteiger partial charge >= 0.3 is 76.2 Å². The van der Waals surface area contributed by atoms with E-state index in [2.05, 4.69) is 117 Å². The van der Waals surface area contributed by atoms with Gasteiger partial charge in [-0.2, -0.15) is 0 Å². The quantitative estimate of drug-likeness (QED) is 0.493. The molecule has 0 unspecified atom stereocenters. The Morgan fingerprint density at radius 3 is 1.39 bits per heavy atom. The predicted molar refractivity (Wildman–Crippen MR) is 120 cm³/mol. The molecule has 4 heteroatoms. The Morgan fingerprint density at radius 2 is 1.09 bits per heavy atom. The van der Waals surface area contributed by atoms with Crippen molar-refractivity contribution in [1.29, 1.82) is 0 Å². The van der Waals surface area contributed by atoms with E-state index in [0.717, 1.165) is 12.8 Å². The van der Waals surface area contributed by atoms with Crippen LogP contribution in [0.25, 0.3) is 0 Å². The van der Waals surface area contributed by atoms with Crippen molar-refractivity contribution in [1.82, 2.24) is 0 Å². The van der Waals surface area contributed by atoms with E-state index >= 15 is 0 Å². The second-order valence-corrected chi connectivity index (χ2v) is 16.6. The topological polar surface area (TPSA) is 0 Å². The molecule has 0 saturated carbocycles. The summed E-state index contributed by atoms with van der Waals surface area (Å²) in [6.45, 7) is 20.4. The van der Waals surface area contributed by atoms with Crippen LogP contribution in [-0.2, 0) is 6.42 Å². The van der Waals surface area contributed by atoms with Crippen LogP contribution < -0.4 is 0 Å².